The maximum Gasteiger partial charge on any atom is 0.237 e. The summed E-state index contributed by atoms with van der Waals surface area (Å²) in [5.74, 6) is 0.237. The van der Waals surface area contributed by atoms with Crippen molar-refractivity contribution in [1.29, 1.82) is 0 Å². The Hall–Kier alpha value is -2.48. The van der Waals surface area contributed by atoms with Crippen LogP contribution in [0.15, 0.2) is 48.7 Å². The minimum Gasteiger partial charge on any atom is -0.348 e. The van der Waals surface area contributed by atoms with Crippen LogP contribution in [0.2, 0.25) is 0 Å². The number of nitrogens with zero attached hydrogens (tertiary/aromatic N) is 2. The van der Waals surface area contributed by atoms with Crippen molar-refractivity contribution in [3.63, 3.8) is 0 Å². The highest BCUT2D eigenvalue weighted by Crippen LogP contribution is 2.29. The Morgan fingerprint density at radius 3 is 2.76 bits per heavy atom. The predicted octanol–water partition coefficient (Wildman–Crippen LogP) is 3.49. The third-order valence-corrected chi connectivity index (χ3v) is 4.58. The molecular weight excluding hydrogens is 416 g/mol. The summed E-state index contributed by atoms with van der Waals surface area (Å²) in [6.07, 6.45) is 3.54. The molecule has 0 bridgehead atoms. The van der Waals surface area contributed by atoms with E-state index in [0.717, 1.165) is 19.4 Å². The number of carbonyl (C=O) groups excluding carboxylic acids is 1. The number of halogens is 3. The molecule has 0 spiro atoms. The van der Waals surface area contributed by atoms with Gasteiger partial charge in [-0.05, 0) is 43.7 Å². The summed E-state index contributed by atoms with van der Waals surface area (Å²) in [6.45, 7) is 1.14. The molecule has 1 saturated heterocycles. The molecule has 2 aromatic heterocycles. The van der Waals surface area contributed by atoms with Gasteiger partial charge in [-0.15, -0.1) is 24.8 Å². The van der Waals surface area contributed by atoms with Gasteiger partial charge >= 0.3 is 0 Å². The Kier molecular flexibility index (Phi) is 8.13. The number of hydrogen-bond acceptors (Lipinski definition) is 4. The number of rotatable bonds is 5. The van der Waals surface area contributed by atoms with E-state index in [1.165, 1.54) is 12.1 Å². The molecule has 154 valence electrons. The Morgan fingerprint density at radius 1 is 1.21 bits per heavy atom. The van der Waals surface area contributed by atoms with Crippen molar-refractivity contribution < 1.29 is 9.18 Å². The highest BCUT2D eigenvalue weighted by atomic mass is 35.5. The minimum absolute atomic E-state index is 0. The van der Waals surface area contributed by atoms with Crippen molar-refractivity contribution in [2.24, 2.45) is 0 Å². The van der Waals surface area contributed by atoms with Crippen molar-refractivity contribution in [2.75, 3.05) is 6.54 Å². The summed E-state index contributed by atoms with van der Waals surface area (Å²) in [5.41, 5.74) is 2.67. The highest BCUT2D eigenvalue weighted by Gasteiger charge is 2.22. The fourth-order valence-corrected chi connectivity index (χ4v) is 3.25. The standard InChI is InChI=1S/C20H20FN5O.2ClH/c21-14-6-3-5-13(11-14)18-19(15-7-1-2-9-22-15)26-17(25-18)12-24-20(27)16-8-4-10-23-16;;/h1-3,5-7,9,11,16,23H,4,8,10,12H2,(H,24,27)(H,25,26);2*1H/t16-;;/m0../s1. The molecule has 6 nitrogen and oxygen atoms in total. The maximum atomic E-state index is 13.7. The lowest BCUT2D eigenvalue weighted by atomic mass is 10.1. The topological polar surface area (TPSA) is 82.7 Å². The first-order valence-corrected chi connectivity index (χ1v) is 8.98. The number of imidazole rings is 1. The normalized spacial score (nSPS) is 15.3. The Morgan fingerprint density at radius 2 is 2.07 bits per heavy atom. The van der Waals surface area contributed by atoms with Crippen LogP contribution < -0.4 is 10.6 Å². The summed E-state index contributed by atoms with van der Waals surface area (Å²) in [7, 11) is 0. The van der Waals surface area contributed by atoms with Gasteiger partial charge in [0.1, 0.15) is 11.6 Å². The van der Waals surface area contributed by atoms with E-state index in [0.29, 0.717) is 28.5 Å². The van der Waals surface area contributed by atoms with Crippen LogP contribution in [0.3, 0.4) is 0 Å². The molecule has 1 aliphatic heterocycles. The number of nitrogens with one attached hydrogen (secondary N) is 3. The molecule has 1 fully saturated rings. The van der Waals surface area contributed by atoms with Crippen molar-refractivity contribution >= 4 is 30.7 Å². The highest BCUT2D eigenvalue weighted by molar-refractivity contribution is 5.85. The van der Waals surface area contributed by atoms with Gasteiger partial charge in [-0.3, -0.25) is 9.78 Å². The van der Waals surface area contributed by atoms with E-state index in [4.69, 9.17) is 0 Å². The van der Waals surface area contributed by atoms with E-state index in [1.54, 1.807) is 18.3 Å². The second-order valence-electron chi connectivity index (χ2n) is 6.50. The summed E-state index contributed by atoms with van der Waals surface area (Å²) in [5, 5.41) is 6.08. The van der Waals surface area contributed by atoms with E-state index in [2.05, 4.69) is 25.6 Å². The molecule has 3 heterocycles. The van der Waals surface area contributed by atoms with E-state index in [-0.39, 0.29) is 49.1 Å². The number of pyridine rings is 1. The van der Waals surface area contributed by atoms with Crippen LogP contribution in [0.25, 0.3) is 22.6 Å². The molecule has 3 N–H and O–H groups in total. The monoisotopic (exact) mass is 437 g/mol. The molecular formula is C20H22Cl2FN5O. The molecule has 4 rings (SSSR count). The summed E-state index contributed by atoms with van der Waals surface area (Å²) in [4.78, 5) is 24.4. The van der Waals surface area contributed by atoms with Gasteiger partial charge in [0.25, 0.3) is 0 Å². The van der Waals surface area contributed by atoms with Crippen LogP contribution in [-0.2, 0) is 11.3 Å². The van der Waals surface area contributed by atoms with Gasteiger partial charge in [0.2, 0.25) is 5.91 Å². The summed E-state index contributed by atoms with van der Waals surface area (Å²) in [6, 6.07) is 11.7. The van der Waals surface area contributed by atoms with Crippen LogP contribution in [0.4, 0.5) is 4.39 Å². The quantitative estimate of drug-likeness (QED) is 0.570. The first kappa shape index (κ1) is 22.8. The fourth-order valence-electron chi connectivity index (χ4n) is 3.25. The lowest BCUT2D eigenvalue weighted by molar-refractivity contribution is -0.122. The number of H-pyrrole nitrogens is 1. The van der Waals surface area contributed by atoms with Crippen molar-refractivity contribution in [3.05, 3.63) is 60.3 Å². The lowest BCUT2D eigenvalue weighted by Gasteiger charge is -2.09. The molecule has 0 radical (unpaired) electrons. The number of hydrogen-bond donors (Lipinski definition) is 3. The molecule has 3 aromatic rings. The van der Waals surface area contributed by atoms with E-state index in [9.17, 15) is 9.18 Å². The van der Waals surface area contributed by atoms with E-state index >= 15 is 0 Å². The smallest absolute Gasteiger partial charge is 0.237 e. The summed E-state index contributed by atoms with van der Waals surface area (Å²) >= 11 is 0. The summed E-state index contributed by atoms with van der Waals surface area (Å²) < 4.78 is 13.7. The fraction of sp³-hybridized carbons (Fsp3) is 0.250. The first-order chi connectivity index (χ1) is 13.2. The maximum absolute atomic E-state index is 13.7. The SMILES string of the molecule is Cl.Cl.O=C(NCc1nc(-c2cccc(F)c2)c(-c2ccccn2)[nH]1)[C@@H]1CCCN1. The molecule has 29 heavy (non-hydrogen) atoms. The largest absolute Gasteiger partial charge is 0.348 e. The van der Waals surface area contributed by atoms with E-state index < -0.39 is 0 Å². The number of amides is 1. The predicted molar refractivity (Wildman–Crippen MR) is 115 cm³/mol. The van der Waals surface area contributed by atoms with Crippen LogP contribution in [0, 0.1) is 5.82 Å². The van der Waals surface area contributed by atoms with Crippen molar-refractivity contribution in [3.8, 4) is 22.6 Å². The zero-order valence-electron chi connectivity index (χ0n) is 15.5. The van der Waals surface area contributed by atoms with Crippen molar-refractivity contribution in [1.82, 2.24) is 25.6 Å². The van der Waals surface area contributed by atoms with Gasteiger partial charge in [0.15, 0.2) is 0 Å². The van der Waals surface area contributed by atoms with E-state index in [1.807, 2.05) is 18.2 Å². The van der Waals surface area contributed by atoms with Crippen LogP contribution in [-0.4, -0.2) is 33.4 Å². The van der Waals surface area contributed by atoms with Crippen LogP contribution in [0.1, 0.15) is 18.7 Å². The Bertz CT molecular complexity index is 945. The van der Waals surface area contributed by atoms with Gasteiger partial charge in [-0.25, -0.2) is 9.37 Å². The van der Waals surface area contributed by atoms with Crippen LogP contribution in [0.5, 0.6) is 0 Å². The van der Waals surface area contributed by atoms with Crippen molar-refractivity contribution in [2.45, 2.75) is 25.4 Å². The molecule has 0 aliphatic carbocycles. The molecule has 0 saturated carbocycles. The minimum atomic E-state index is -0.329. The van der Waals surface area contributed by atoms with Gasteiger partial charge in [0, 0.05) is 11.8 Å². The lowest BCUT2D eigenvalue weighted by Crippen LogP contribution is -2.40. The second kappa shape index (κ2) is 10.3. The third kappa shape index (κ3) is 5.32. The van der Waals surface area contributed by atoms with Gasteiger partial charge in [0.05, 0.1) is 29.7 Å². The van der Waals surface area contributed by atoms with Gasteiger partial charge in [-0.2, -0.15) is 0 Å². The molecule has 1 amide bonds. The van der Waals surface area contributed by atoms with Gasteiger partial charge in [-0.1, -0.05) is 18.2 Å². The number of benzene rings is 1. The molecule has 1 aromatic carbocycles. The zero-order valence-corrected chi connectivity index (χ0v) is 17.2. The average molecular weight is 438 g/mol. The molecule has 9 heteroatoms. The third-order valence-electron chi connectivity index (χ3n) is 4.58. The zero-order chi connectivity index (χ0) is 18.6. The number of aromatic amines is 1. The number of carbonyl (C=O) groups is 1. The molecule has 1 aliphatic rings. The van der Waals surface area contributed by atoms with Gasteiger partial charge < -0.3 is 15.6 Å². The molecule has 0 unspecified atom stereocenters. The van der Waals surface area contributed by atoms with Crippen LogP contribution >= 0.6 is 24.8 Å². The number of aromatic nitrogens is 3. The second-order valence-corrected chi connectivity index (χ2v) is 6.50. The average Bonchev–Trinajstić information content (AvgIpc) is 3.37. The Labute approximate surface area is 180 Å². The molecule has 1 atom stereocenters. The Balaban J connectivity index is 0.00000150. The first-order valence-electron chi connectivity index (χ1n) is 8.98.